The van der Waals surface area contributed by atoms with E-state index in [1.165, 1.54) is 11.6 Å². The van der Waals surface area contributed by atoms with Crippen LogP contribution in [-0.2, 0) is 29.2 Å². The zero-order valence-corrected chi connectivity index (χ0v) is 21.1. The van der Waals surface area contributed by atoms with Gasteiger partial charge in [0.15, 0.2) is 9.84 Å². The van der Waals surface area contributed by atoms with Crippen LogP contribution in [0.25, 0.3) is 0 Å². The number of hydrogen-bond donors (Lipinski definition) is 3. The highest BCUT2D eigenvalue weighted by Gasteiger charge is 2.39. The largest absolute Gasteiger partial charge is 0.395 e. The van der Waals surface area contributed by atoms with Crippen LogP contribution < -0.4 is 11.1 Å². The Hall–Kier alpha value is -1.48. The minimum atomic E-state index is -3.35. The average molecular weight is 528 g/mol. The quantitative estimate of drug-likeness (QED) is 0.497. The lowest BCUT2D eigenvalue weighted by atomic mass is 9.87. The third kappa shape index (κ3) is 6.76. The minimum absolute atomic E-state index is 0.0128. The molecule has 2 aromatic carbocycles. The van der Waals surface area contributed by atoms with Crippen molar-refractivity contribution in [3.05, 3.63) is 63.4 Å². The first kappa shape index (κ1) is 25.1. The summed E-state index contributed by atoms with van der Waals surface area (Å²) >= 11 is 3.23. The molecule has 1 saturated heterocycles. The highest BCUT2D eigenvalue weighted by molar-refractivity contribution is 9.10. The number of halogens is 2. The van der Waals surface area contributed by atoms with E-state index >= 15 is 0 Å². The smallest absolute Gasteiger partial charge is 0.152 e. The first-order valence-electron chi connectivity index (χ1n) is 10.8. The molecule has 2 aromatic rings. The van der Waals surface area contributed by atoms with E-state index in [-0.39, 0.29) is 29.0 Å². The van der Waals surface area contributed by atoms with Crippen LogP contribution in [0.4, 0.5) is 10.1 Å². The highest BCUT2D eigenvalue weighted by atomic mass is 79.9. The Morgan fingerprint density at radius 2 is 1.84 bits per heavy atom. The summed E-state index contributed by atoms with van der Waals surface area (Å²) in [6.45, 7) is 7.02. The molecule has 0 unspecified atom stereocenters. The van der Waals surface area contributed by atoms with Crippen molar-refractivity contribution in [3.63, 3.8) is 0 Å². The molecular weight excluding hydrogens is 495 g/mol. The first-order chi connectivity index (χ1) is 14.8. The number of aliphatic hydroxyl groups is 1. The van der Waals surface area contributed by atoms with E-state index in [9.17, 15) is 17.9 Å². The lowest BCUT2D eigenvalue weighted by Crippen LogP contribution is -2.54. The van der Waals surface area contributed by atoms with Crippen molar-refractivity contribution in [2.24, 2.45) is 11.3 Å². The number of rotatable bonds is 6. The molecule has 0 aromatic heterocycles. The molecule has 0 radical (unpaired) electrons. The summed E-state index contributed by atoms with van der Waals surface area (Å²) in [7, 11) is -3.35. The Bertz CT molecular complexity index is 1050. The fourth-order valence-electron chi connectivity index (χ4n) is 4.32. The van der Waals surface area contributed by atoms with Crippen molar-refractivity contribution < 1.29 is 17.9 Å². The number of sulfone groups is 1. The SMILES string of the molecule is CC(C)(C)Cc1cccc(CN[C@H]2CS(=O)(=O)C[C@@H](Cc3cc(F)c(N)c(Br)c3)[C@@H]2O)c1. The standard InChI is InChI=1S/C24H32BrFN2O3S/c1-24(2,3)11-15-5-4-6-16(7-15)12-28-21-14-32(30,31)13-18(23(21)29)8-17-9-19(25)22(27)20(26)10-17/h4-7,9-10,18,21,23,28-29H,8,11-14,27H2,1-3H3/t18-,21+,23+/m1/s1. The molecule has 0 saturated carbocycles. The average Bonchev–Trinajstić information content (AvgIpc) is 2.66. The van der Waals surface area contributed by atoms with Gasteiger partial charge in [0.2, 0.25) is 0 Å². The molecule has 8 heteroatoms. The van der Waals surface area contributed by atoms with Gasteiger partial charge in [0.1, 0.15) is 5.82 Å². The summed E-state index contributed by atoms with van der Waals surface area (Å²) < 4.78 is 39.6. The normalized spacial score (nSPS) is 23.2. The maximum atomic E-state index is 14.0. The molecule has 0 spiro atoms. The molecule has 32 heavy (non-hydrogen) atoms. The molecule has 0 amide bonds. The number of nitrogens with two attached hydrogens (primary N) is 1. The van der Waals surface area contributed by atoms with Crippen LogP contribution in [0.1, 0.15) is 37.5 Å². The summed E-state index contributed by atoms with van der Waals surface area (Å²) in [4.78, 5) is 0. The van der Waals surface area contributed by atoms with Crippen LogP contribution in [0.5, 0.6) is 0 Å². The van der Waals surface area contributed by atoms with Gasteiger partial charge in [0.25, 0.3) is 0 Å². The van der Waals surface area contributed by atoms with E-state index in [1.807, 2.05) is 12.1 Å². The predicted molar refractivity (Wildman–Crippen MR) is 131 cm³/mol. The molecule has 3 rings (SSSR count). The van der Waals surface area contributed by atoms with Crippen molar-refractivity contribution in [2.75, 3.05) is 17.2 Å². The Morgan fingerprint density at radius 1 is 1.16 bits per heavy atom. The van der Waals surface area contributed by atoms with Gasteiger partial charge in [-0.05, 0) is 63.0 Å². The van der Waals surface area contributed by atoms with Crippen molar-refractivity contribution >= 4 is 31.5 Å². The number of hydrogen-bond acceptors (Lipinski definition) is 5. The topological polar surface area (TPSA) is 92.4 Å². The van der Waals surface area contributed by atoms with E-state index < -0.39 is 33.7 Å². The zero-order valence-electron chi connectivity index (χ0n) is 18.7. The first-order valence-corrected chi connectivity index (χ1v) is 13.4. The molecule has 1 fully saturated rings. The Labute approximate surface area is 198 Å². The Kier molecular flexibility index (Phi) is 7.70. The van der Waals surface area contributed by atoms with Gasteiger partial charge in [0.05, 0.1) is 23.3 Å². The van der Waals surface area contributed by atoms with Crippen LogP contribution in [0.15, 0.2) is 40.9 Å². The second-order valence-electron chi connectivity index (χ2n) is 10.0. The molecule has 0 aliphatic carbocycles. The van der Waals surface area contributed by atoms with Gasteiger partial charge in [-0.25, -0.2) is 12.8 Å². The summed E-state index contributed by atoms with van der Waals surface area (Å²) in [5, 5.41) is 14.2. The van der Waals surface area contributed by atoms with Crippen molar-refractivity contribution in [2.45, 2.75) is 52.3 Å². The summed E-state index contributed by atoms with van der Waals surface area (Å²) in [5.74, 6) is -1.34. The van der Waals surface area contributed by atoms with E-state index in [4.69, 9.17) is 5.73 Å². The number of nitrogens with one attached hydrogen (secondary N) is 1. The fourth-order valence-corrected chi connectivity index (χ4v) is 6.77. The van der Waals surface area contributed by atoms with Crippen LogP contribution in [0.2, 0.25) is 0 Å². The van der Waals surface area contributed by atoms with Gasteiger partial charge in [-0.1, -0.05) is 45.0 Å². The molecule has 1 aliphatic rings. The van der Waals surface area contributed by atoms with Crippen LogP contribution in [-0.4, -0.2) is 37.2 Å². The van der Waals surface area contributed by atoms with Gasteiger partial charge in [0, 0.05) is 23.0 Å². The number of benzene rings is 2. The predicted octanol–water partition coefficient (Wildman–Crippen LogP) is 3.87. The molecule has 4 N–H and O–H groups in total. The third-order valence-electron chi connectivity index (χ3n) is 5.73. The van der Waals surface area contributed by atoms with Gasteiger partial charge >= 0.3 is 0 Å². The Balaban J connectivity index is 1.71. The second kappa shape index (κ2) is 9.79. The van der Waals surface area contributed by atoms with Gasteiger partial charge < -0.3 is 16.2 Å². The second-order valence-corrected chi connectivity index (χ2v) is 13.1. The molecule has 1 heterocycles. The molecular formula is C24H32BrFN2O3S. The van der Waals surface area contributed by atoms with Crippen LogP contribution in [0.3, 0.4) is 0 Å². The van der Waals surface area contributed by atoms with E-state index in [2.05, 4.69) is 54.2 Å². The summed E-state index contributed by atoms with van der Waals surface area (Å²) in [6.07, 6.45) is 0.322. The Morgan fingerprint density at radius 3 is 2.50 bits per heavy atom. The third-order valence-corrected chi connectivity index (χ3v) is 8.19. The molecule has 0 bridgehead atoms. The lowest BCUT2D eigenvalue weighted by molar-refractivity contribution is 0.0781. The number of nitrogen functional groups attached to an aromatic ring is 1. The van der Waals surface area contributed by atoms with Crippen molar-refractivity contribution in [1.29, 1.82) is 0 Å². The molecule has 176 valence electrons. The van der Waals surface area contributed by atoms with Gasteiger partial charge in [-0.3, -0.25) is 0 Å². The molecule has 3 atom stereocenters. The highest BCUT2D eigenvalue weighted by Crippen LogP contribution is 2.29. The summed E-state index contributed by atoms with van der Waals surface area (Å²) in [6, 6.07) is 10.6. The summed E-state index contributed by atoms with van der Waals surface area (Å²) in [5.41, 5.74) is 8.69. The number of aliphatic hydroxyl groups excluding tert-OH is 1. The van der Waals surface area contributed by atoms with E-state index in [0.29, 0.717) is 16.6 Å². The number of anilines is 1. The molecule has 5 nitrogen and oxygen atoms in total. The van der Waals surface area contributed by atoms with Crippen LogP contribution in [0, 0.1) is 17.2 Å². The van der Waals surface area contributed by atoms with Gasteiger partial charge in [-0.15, -0.1) is 0 Å². The van der Waals surface area contributed by atoms with Gasteiger partial charge in [-0.2, -0.15) is 0 Å². The zero-order chi connectivity index (χ0) is 23.7. The maximum Gasteiger partial charge on any atom is 0.152 e. The van der Waals surface area contributed by atoms with E-state index in [0.717, 1.165) is 12.0 Å². The minimum Gasteiger partial charge on any atom is -0.395 e. The van der Waals surface area contributed by atoms with Crippen molar-refractivity contribution in [1.82, 2.24) is 5.32 Å². The maximum absolute atomic E-state index is 14.0. The fraction of sp³-hybridized carbons (Fsp3) is 0.500. The lowest BCUT2D eigenvalue weighted by Gasteiger charge is -2.35. The van der Waals surface area contributed by atoms with Crippen LogP contribution >= 0.6 is 15.9 Å². The van der Waals surface area contributed by atoms with Crippen molar-refractivity contribution in [3.8, 4) is 0 Å². The monoisotopic (exact) mass is 526 g/mol. The molecule has 1 aliphatic heterocycles. The van der Waals surface area contributed by atoms with E-state index in [1.54, 1.807) is 6.07 Å².